The van der Waals surface area contributed by atoms with Crippen LogP contribution in [-0.4, -0.2) is 10.7 Å². The molecule has 1 aromatic carbocycles. The lowest BCUT2D eigenvalue weighted by atomic mass is 10.0. The van der Waals surface area contributed by atoms with Crippen LogP contribution in [0.3, 0.4) is 0 Å². The molecule has 0 spiro atoms. The lowest BCUT2D eigenvalue weighted by Gasteiger charge is -2.13. The molecule has 0 atom stereocenters. The van der Waals surface area contributed by atoms with Crippen LogP contribution in [-0.2, 0) is 12.3 Å². The van der Waals surface area contributed by atoms with E-state index in [-0.39, 0.29) is 5.56 Å². The minimum absolute atomic E-state index is 0.0178. The summed E-state index contributed by atoms with van der Waals surface area (Å²) in [5.41, 5.74) is 0.181. The SMILES string of the molecule is CC(F)(F)c1cccc(CC2(O)CC2)c1. The van der Waals surface area contributed by atoms with Gasteiger partial charge in [0.15, 0.2) is 0 Å². The fourth-order valence-corrected chi connectivity index (χ4v) is 1.66. The third kappa shape index (κ3) is 2.53. The van der Waals surface area contributed by atoms with Gasteiger partial charge in [-0.3, -0.25) is 0 Å². The lowest BCUT2D eigenvalue weighted by Crippen LogP contribution is -2.12. The van der Waals surface area contributed by atoms with Gasteiger partial charge in [0, 0.05) is 18.9 Å². The molecule has 1 aromatic rings. The number of aliphatic hydroxyl groups is 1. The summed E-state index contributed by atoms with van der Waals surface area (Å²) in [4.78, 5) is 0. The van der Waals surface area contributed by atoms with Gasteiger partial charge in [-0.2, -0.15) is 0 Å². The topological polar surface area (TPSA) is 20.2 Å². The van der Waals surface area contributed by atoms with E-state index in [9.17, 15) is 13.9 Å². The standard InChI is InChI=1S/C12H14F2O/c1-11(13,14)10-4-2-3-9(7-10)8-12(15)5-6-12/h2-4,7,15H,5-6,8H2,1H3. The third-order valence-electron chi connectivity index (χ3n) is 2.79. The largest absolute Gasteiger partial charge is 0.390 e. The van der Waals surface area contributed by atoms with Gasteiger partial charge in [0.25, 0.3) is 5.92 Å². The van der Waals surface area contributed by atoms with E-state index in [1.165, 1.54) is 12.1 Å². The quantitative estimate of drug-likeness (QED) is 0.816. The second kappa shape index (κ2) is 3.27. The fraction of sp³-hybridized carbons (Fsp3) is 0.500. The van der Waals surface area contributed by atoms with E-state index in [4.69, 9.17) is 0 Å². The lowest BCUT2D eigenvalue weighted by molar-refractivity contribution is 0.0173. The normalized spacial score (nSPS) is 18.9. The first kappa shape index (κ1) is 10.6. The predicted octanol–water partition coefficient (Wildman–Crippen LogP) is 2.87. The van der Waals surface area contributed by atoms with Crippen LogP contribution in [0.2, 0.25) is 0 Å². The molecule has 0 radical (unpaired) electrons. The van der Waals surface area contributed by atoms with Gasteiger partial charge in [0.2, 0.25) is 0 Å². The van der Waals surface area contributed by atoms with Gasteiger partial charge < -0.3 is 5.11 Å². The Morgan fingerprint density at radius 1 is 1.40 bits per heavy atom. The average molecular weight is 212 g/mol. The summed E-state index contributed by atoms with van der Waals surface area (Å²) >= 11 is 0. The highest BCUT2D eigenvalue weighted by atomic mass is 19.3. The summed E-state index contributed by atoms with van der Waals surface area (Å²) in [6.45, 7) is 0.887. The summed E-state index contributed by atoms with van der Waals surface area (Å²) in [6.07, 6.45) is 2.04. The van der Waals surface area contributed by atoms with E-state index in [0.717, 1.165) is 25.3 Å². The summed E-state index contributed by atoms with van der Waals surface area (Å²) in [7, 11) is 0. The molecule has 0 bridgehead atoms. The molecule has 1 fully saturated rings. The van der Waals surface area contributed by atoms with Crippen molar-refractivity contribution in [3.63, 3.8) is 0 Å². The number of halogens is 2. The first-order valence-corrected chi connectivity index (χ1v) is 5.09. The van der Waals surface area contributed by atoms with Crippen LogP contribution in [0.15, 0.2) is 24.3 Å². The molecule has 0 aromatic heterocycles. The van der Waals surface area contributed by atoms with Crippen molar-refractivity contribution in [2.45, 2.75) is 37.7 Å². The second-order valence-corrected chi connectivity index (χ2v) is 4.49. The molecule has 0 unspecified atom stereocenters. The molecule has 2 rings (SSSR count). The highest BCUT2D eigenvalue weighted by molar-refractivity contribution is 5.28. The summed E-state index contributed by atoms with van der Waals surface area (Å²) < 4.78 is 26.0. The molecule has 1 N–H and O–H groups in total. The van der Waals surface area contributed by atoms with E-state index < -0.39 is 11.5 Å². The van der Waals surface area contributed by atoms with E-state index >= 15 is 0 Å². The molecule has 15 heavy (non-hydrogen) atoms. The van der Waals surface area contributed by atoms with Crippen LogP contribution in [0.4, 0.5) is 8.78 Å². The molecular weight excluding hydrogens is 198 g/mol. The molecular formula is C12H14F2O. The highest BCUT2D eigenvalue weighted by Crippen LogP contribution is 2.38. The van der Waals surface area contributed by atoms with Gasteiger partial charge in [-0.05, 0) is 24.5 Å². The maximum atomic E-state index is 13.0. The van der Waals surface area contributed by atoms with Crippen LogP contribution in [0.5, 0.6) is 0 Å². The number of hydrogen-bond acceptors (Lipinski definition) is 1. The molecule has 0 saturated heterocycles. The van der Waals surface area contributed by atoms with Crippen molar-refractivity contribution < 1.29 is 13.9 Å². The Bertz CT molecular complexity index is 364. The molecule has 0 amide bonds. The smallest absolute Gasteiger partial charge is 0.270 e. The van der Waals surface area contributed by atoms with Gasteiger partial charge in [-0.15, -0.1) is 0 Å². The Morgan fingerprint density at radius 3 is 2.60 bits per heavy atom. The van der Waals surface area contributed by atoms with Crippen molar-refractivity contribution in [3.05, 3.63) is 35.4 Å². The third-order valence-corrected chi connectivity index (χ3v) is 2.79. The minimum Gasteiger partial charge on any atom is -0.390 e. The highest BCUT2D eigenvalue weighted by Gasteiger charge is 2.40. The van der Waals surface area contributed by atoms with Crippen molar-refractivity contribution >= 4 is 0 Å². The molecule has 1 saturated carbocycles. The molecule has 1 nitrogen and oxygen atoms in total. The Hall–Kier alpha value is -0.960. The number of alkyl halides is 2. The minimum atomic E-state index is -2.80. The molecule has 3 heteroatoms. The molecule has 1 aliphatic rings. The Balaban J connectivity index is 2.19. The van der Waals surface area contributed by atoms with Crippen LogP contribution < -0.4 is 0 Å². The van der Waals surface area contributed by atoms with Gasteiger partial charge in [-0.25, -0.2) is 8.78 Å². The first-order valence-electron chi connectivity index (χ1n) is 5.09. The average Bonchev–Trinajstić information content (AvgIpc) is 2.82. The van der Waals surface area contributed by atoms with Crippen molar-refractivity contribution in [1.82, 2.24) is 0 Å². The van der Waals surface area contributed by atoms with Gasteiger partial charge >= 0.3 is 0 Å². The zero-order valence-corrected chi connectivity index (χ0v) is 8.63. The fourth-order valence-electron chi connectivity index (χ4n) is 1.66. The van der Waals surface area contributed by atoms with E-state index in [1.807, 2.05) is 0 Å². The Labute approximate surface area is 87.7 Å². The Kier molecular flexibility index (Phi) is 2.30. The first-order chi connectivity index (χ1) is 6.89. The number of benzene rings is 1. The van der Waals surface area contributed by atoms with Gasteiger partial charge in [0.05, 0.1) is 5.60 Å². The molecule has 1 aliphatic carbocycles. The molecule has 82 valence electrons. The van der Waals surface area contributed by atoms with Crippen LogP contribution in [0.1, 0.15) is 30.9 Å². The number of hydrogen-bond donors (Lipinski definition) is 1. The van der Waals surface area contributed by atoms with Crippen molar-refractivity contribution in [2.24, 2.45) is 0 Å². The molecule has 0 heterocycles. The van der Waals surface area contributed by atoms with Gasteiger partial charge in [0.1, 0.15) is 0 Å². The van der Waals surface area contributed by atoms with Crippen LogP contribution in [0, 0.1) is 0 Å². The zero-order valence-electron chi connectivity index (χ0n) is 8.63. The zero-order chi connectivity index (χ0) is 11.1. The van der Waals surface area contributed by atoms with Gasteiger partial charge in [-0.1, -0.05) is 18.2 Å². The van der Waals surface area contributed by atoms with E-state index in [1.54, 1.807) is 12.1 Å². The summed E-state index contributed by atoms with van der Waals surface area (Å²) in [5.74, 6) is -2.80. The van der Waals surface area contributed by atoms with Crippen molar-refractivity contribution in [2.75, 3.05) is 0 Å². The van der Waals surface area contributed by atoms with Crippen LogP contribution in [0.25, 0.3) is 0 Å². The maximum Gasteiger partial charge on any atom is 0.270 e. The van der Waals surface area contributed by atoms with E-state index in [0.29, 0.717) is 6.42 Å². The van der Waals surface area contributed by atoms with Crippen LogP contribution >= 0.6 is 0 Å². The number of rotatable bonds is 3. The predicted molar refractivity (Wildman–Crippen MR) is 53.9 cm³/mol. The summed E-state index contributed by atoms with van der Waals surface area (Å²) in [5, 5.41) is 9.69. The maximum absolute atomic E-state index is 13.0. The monoisotopic (exact) mass is 212 g/mol. The summed E-state index contributed by atoms with van der Waals surface area (Å²) in [6, 6.07) is 6.30. The second-order valence-electron chi connectivity index (χ2n) is 4.49. The Morgan fingerprint density at radius 2 is 2.07 bits per heavy atom. The molecule has 0 aliphatic heterocycles. The van der Waals surface area contributed by atoms with Crippen molar-refractivity contribution in [1.29, 1.82) is 0 Å². The van der Waals surface area contributed by atoms with E-state index in [2.05, 4.69) is 0 Å². The van der Waals surface area contributed by atoms with Crippen molar-refractivity contribution in [3.8, 4) is 0 Å².